The molecule has 0 N–H and O–H groups in total. The second-order valence-electron chi connectivity index (χ2n) is 5.12. The van der Waals surface area contributed by atoms with Gasteiger partial charge in [-0.05, 0) is 59.8 Å². The Bertz CT molecular complexity index is 831. The van der Waals surface area contributed by atoms with Crippen LogP contribution in [0, 0.1) is 5.82 Å². The van der Waals surface area contributed by atoms with Gasteiger partial charge in [0.2, 0.25) is 0 Å². The molecule has 1 saturated heterocycles. The van der Waals surface area contributed by atoms with Crippen molar-refractivity contribution in [2.75, 3.05) is 14.2 Å². The van der Waals surface area contributed by atoms with Crippen molar-refractivity contribution in [1.82, 2.24) is 4.90 Å². The van der Waals surface area contributed by atoms with E-state index in [2.05, 4.69) is 4.99 Å². The molecule has 2 aromatic rings. The zero-order valence-electron chi connectivity index (χ0n) is 13.2. The van der Waals surface area contributed by atoms with Gasteiger partial charge in [0.15, 0.2) is 5.17 Å². The van der Waals surface area contributed by atoms with Gasteiger partial charge in [0.25, 0.3) is 5.91 Å². The average molecular weight is 342 g/mol. The maximum atomic E-state index is 13.0. The molecule has 1 aliphatic heterocycles. The first-order chi connectivity index (χ1) is 11.6. The van der Waals surface area contributed by atoms with Crippen LogP contribution in [0.15, 0.2) is 58.4 Å². The number of nitrogens with zero attached hydrogens (tertiary/aromatic N) is 2. The van der Waals surface area contributed by atoms with Crippen LogP contribution in [0.4, 0.5) is 10.1 Å². The summed E-state index contributed by atoms with van der Waals surface area (Å²) in [5, 5.41) is 0.556. The molecule has 0 radical (unpaired) electrons. The third-order valence-corrected chi connectivity index (χ3v) is 4.51. The van der Waals surface area contributed by atoms with Crippen molar-refractivity contribution in [2.24, 2.45) is 4.99 Å². The number of carbonyl (C=O) groups excluding carboxylic acids is 1. The van der Waals surface area contributed by atoms with Gasteiger partial charge in [0.1, 0.15) is 11.6 Å². The summed E-state index contributed by atoms with van der Waals surface area (Å²) in [4.78, 5) is 18.9. The molecule has 122 valence electrons. The summed E-state index contributed by atoms with van der Waals surface area (Å²) in [6.45, 7) is 0. The monoisotopic (exact) mass is 342 g/mol. The highest BCUT2D eigenvalue weighted by molar-refractivity contribution is 8.18. The number of thioether (sulfide) groups is 1. The summed E-state index contributed by atoms with van der Waals surface area (Å²) in [6, 6.07) is 13.3. The van der Waals surface area contributed by atoms with Gasteiger partial charge < -0.3 is 4.74 Å². The lowest BCUT2D eigenvalue weighted by Gasteiger charge is -2.07. The van der Waals surface area contributed by atoms with Crippen LogP contribution in [-0.4, -0.2) is 30.1 Å². The number of rotatable bonds is 3. The van der Waals surface area contributed by atoms with Crippen molar-refractivity contribution in [3.63, 3.8) is 0 Å². The van der Waals surface area contributed by atoms with Crippen molar-refractivity contribution in [3.8, 4) is 5.75 Å². The number of carbonyl (C=O) groups is 1. The van der Waals surface area contributed by atoms with Crippen LogP contribution in [0.2, 0.25) is 0 Å². The number of benzene rings is 2. The molecule has 0 bridgehead atoms. The third-order valence-electron chi connectivity index (χ3n) is 3.45. The molecule has 0 saturated carbocycles. The van der Waals surface area contributed by atoms with E-state index >= 15 is 0 Å². The van der Waals surface area contributed by atoms with Crippen LogP contribution in [0.5, 0.6) is 5.75 Å². The molecule has 1 heterocycles. The largest absolute Gasteiger partial charge is 0.497 e. The van der Waals surface area contributed by atoms with E-state index in [9.17, 15) is 9.18 Å². The minimum atomic E-state index is -0.318. The molecule has 0 aromatic heterocycles. The van der Waals surface area contributed by atoms with Crippen LogP contribution >= 0.6 is 11.8 Å². The van der Waals surface area contributed by atoms with Gasteiger partial charge in [-0.2, -0.15) is 0 Å². The fourth-order valence-corrected chi connectivity index (χ4v) is 3.15. The van der Waals surface area contributed by atoms with E-state index in [4.69, 9.17) is 4.74 Å². The van der Waals surface area contributed by atoms with E-state index in [1.54, 1.807) is 32.4 Å². The van der Waals surface area contributed by atoms with E-state index in [-0.39, 0.29) is 11.7 Å². The molecule has 2 aromatic carbocycles. The Morgan fingerprint density at radius 3 is 2.67 bits per heavy atom. The topological polar surface area (TPSA) is 41.9 Å². The molecule has 0 unspecified atom stereocenters. The molecule has 24 heavy (non-hydrogen) atoms. The van der Waals surface area contributed by atoms with Gasteiger partial charge in [-0.1, -0.05) is 12.1 Å². The lowest BCUT2D eigenvalue weighted by atomic mass is 10.2. The van der Waals surface area contributed by atoms with Crippen LogP contribution in [0.25, 0.3) is 6.08 Å². The number of amides is 1. The van der Waals surface area contributed by atoms with Crippen molar-refractivity contribution in [2.45, 2.75) is 0 Å². The summed E-state index contributed by atoms with van der Waals surface area (Å²) in [5.74, 6) is 0.290. The van der Waals surface area contributed by atoms with E-state index < -0.39 is 0 Å². The van der Waals surface area contributed by atoms with E-state index in [1.807, 2.05) is 24.3 Å². The Kier molecular flexibility index (Phi) is 4.66. The van der Waals surface area contributed by atoms with Crippen molar-refractivity contribution >= 4 is 34.6 Å². The Labute approximate surface area is 143 Å². The van der Waals surface area contributed by atoms with E-state index in [1.165, 1.54) is 28.8 Å². The number of methoxy groups -OCH3 is 1. The SMILES string of the molecule is COc1cccc(/C=C2/SC(=Nc3ccc(F)cc3)N(C)C2=O)c1. The second kappa shape index (κ2) is 6.88. The van der Waals surface area contributed by atoms with Crippen LogP contribution in [-0.2, 0) is 4.79 Å². The minimum absolute atomic E-state index is 0.122. The number of amidine groups is 1. The van der Waals surface area contributed by atoms with Crippen LogP contribution < -0.4 is 4.74 Å². The number of likely N-dealkylation sites (N-methyl/N-ethyl adjacent to an activating group) is 1. The average Bonchev–Trinajstić information content (AvgIpc) is 2.85. The maximum absolute atomic E-state index is 13.0. The molecule has 1 amide bonds. The molecule has 4 nitrogen and oxygen atoms in total. The Hall–Kier alpha value is -2.60. The number of halogens is 1. The molecular formula is C18H15FN2O2S. The van der Waals surface area contributed by atoms with Crippen molar-refractivity contribution in [1.29, 1.82) is 0 Å². The summed E-state index contributed by atoms with van der Waals surface area (Å²) in [6.07, 6.45) is 1.80. The predicted molar refractivity (Wildman–Crippen MR) is 94.8 cm³/mol. The fourth-order valence-electron chi connectivity index (χ4n) is 2.16. The van der Waals surface area contributed by atoms with Crippen LogP contribution in [0.1, 0.15) is 5.56 Å². The lowest BCUT2D eigenvalue weighted by Crippen LogP contribution is -2.23. The third kappa shape index (κ3) is 3.49. The van der Waals surface area contributed by atoms with Crippen molar-refractivity contribution < 1.29 is 13.9 Å². The van der Waals surface area contributed by atoms with Crippen molar-refractivity contribution in [3.05, 3.63) is 64.8 Å². The summed E-state index contributed by atoms with van der Waals surface area (Å²) in [7, 11) is 3.27. The Morgan fingerprint density at radius 1 is 1.21 bits per heavy atom. The van der Waals surface area contributed by atoms with Crippen LogP contribution in [0.3, 0.4) is 0 Å². The van der Waals surface area contributed by atoms with Gasteiger partial charge in [0, 0.05) is 7.05 Å². The van der Waals surface area contributed by atoms with E-state index in [0.717, 1.165) is 11.3 Å². The molecule has 6 heteroatoms. The van der Waals surface area contributed by atoms with Gasteiger partial charge >= 0.3 is 0 Å². The molecule has 0 spiro atoms. The summed E-state index contributed by atoms with van der Waals surface area (Å²) < 4.78 is 18.2. The lowest BCUT2D eigenvalue weighted by molar-refractivity contribution is -0.121. The van der Waals surface area contributed by atoms with Gasteiger partial charge in [0.05, 0.1) is 17.7 Å². The summed E-state index contributed by atoms with van der Waals surface area (Å²) in [5.41, 5.74) is 1.47. The highest BCUT2D eigenvalue weighted by Gasteiger charge is 2.30. The zero-order chi connectivity index (χ0) is 17.1. The fraction of sp³-hybridized carbons (Fsp3) is 0.111. The normalized spacial score (nSPS) is 17.8. The van der Waals surface area contributed by atoms with Gasteiger partial charge in [-0.3, -0.25) is 9.69 Å². The first-order valence-electron chi connectivity index (χ1n) is 7.23. The Morgan fingerprint density at radius 2 is 1.96 bits per heavy atom. The predicted octanol–water partition coefficient (Wildman–Crippen LogP) is 4.07. The minimum Gasteiger partial charge on any atom is -0.497 e. The number of hydrogen-bond donors (Lipinski definition) is 0. The highest BCUT2D eigenvalue weighted by atomic mass is 32.2. The highest BCUT2D eigenvalue weighted by Crippen LogP contribution is 2.33. The standard InChI is InChI=1S/C18H15FN2O2S/c1-21-17(22)16(11-12-4-3-5-15(10-12)23-2)24-18(21)20-14-8-6-13(19)7-9-14/h3-11H,1-2H3/b16-11+,20-18?. The quantitative estimate of drug-likeness (QED) is 0.790. The first-order valence-corrected chi connectivity index (χ1v) is 8.04. The molecule has 0 aliphatic carbocycles. The molecule has 1 fully saturated rings. The Balaban J connectivity index is 1.88. The molecule has 0 atom stereocenters. The molecular weight excluding hydrogens is 327 g/mol. The molecule has 1 aliphatic rings. The molecule has 3 rings (SSSR count). The smallest absolute Gasteiger partial charge is 0.266 e. The van der Waals surface area contributed by atoms with Gasteiger partial charge in [-0.15, -0.1) is 0 Å². The summed E-state index contributed by atoms with van der Waals surface area (Å²) >= 11 is 1.29. The first kappa shape index (κ1) is 16.3. The van der Waals surface area contributed by atoms with Gasteiger partial charge in [-0.25, -0.2) is 9.38 Å². The van der Waals surface area contributed by atoms with E-state index in [0.29, 0.717) is 15.8 Å². The number of ether oxygens (including phenoxy) is 1. The second-order valence-corrected chi connectivity index (χ2v) is 6.13. The number of aliphatic imine (C=N–C) groups is 1. The maximum Gasteiger partial charge on any atom is 0.266 e. The number of hydrogen-bond acceptors (Lipinski definition) is 4. The zero-order valence-corrected chi connectivity index (χ0v) is 14.0.